The minimum Gasteiger partial charge on any atom is -0.445 e. The molecule has 1 unspecified atom stereocenters. The number of hydrogen-bond acceptors (Lipinski definition) is 7. The van der Waals surface area contributed by atoms with E-state index < -0.39 is 18.2 Å². The molecule has 0 radical (unpaired) electrons. The average Bonchev–Trinajstić information content (AvgIpc) is 3.44. The van der Waals surface area contributed by atoms with Gasteiger partial charge in [-0.3, -0.25) is 0 Å². The fourth-order valence-electron chi connectivity index (χ4n) is 3.23. The van der Waals surface area contributed by atoms with Gasteiger partial charge in [0.1, 0.15) is 12.6 Å². The summed E-state index contributed by atoms with van der Waals surface area (Å²) in [5, 5.41) is 11.6. The van der Waals surface area contributed by atoms with E-state index in [1.165, 1.54) is 0 Å². The number of aromatic nitrogens is 3. The van der Waals surface area contributed by atoms with E-state index in [9.17, 15) is 9.59 Å². The molecule has 0 fully saturated rings. The number of para-hydroxylation sites is 1. The summed E-state index contributed by atoms with van der Waals surface area (Å²) < 4.78 is 15.6. The Kier molecular flexibility index (Phi) is 6.30. The number of nitrogens with two attached hydrogens (primary N) is 1. The van der Waals surface area contributed by atoms with Crippen molar-refractivity contribution >= 4 is 23.1 Å². The normalized spacial score (nSPS) is 11.8. The summed E-state index contributed by atoms with van der Waals surface area (Å²) in [6.45, 7) is -0.144. The van der Waals surface area contributed by atoms with E-state index in [1.54, 1.807) is 0 Å². The van der Waals surface area contributed by atoms with Crippen LogP contribution in [0.5, 0.6) is 0 Å². The SMILES string of the molecule is NC(=O)OCc1nnc(C(Cc2c[nH]c3ccccc23)NC(=O)OCc2ccccc2)o1. The molecule has 0 saturated carbocycles. The maximum atomic E-state index is 12.5. The van der Waals surface area contributed by atoms with Crippen LogP contribution in [0.15, 0.2) is 65.2 Å². The van der Waals surface area contributed by atoms with E-state index in [4.69, 9.17) is 14.9 Å². The number of nitrogens with one attached hydrogen (secondary N) is 2. The number of primary amides is 1. The standard InChI is InChI=1S/C22H21N5O5/c23-21(28)30-13-19-26-27-20(32-19)18(10-15-11-24-17-9-5-4-8-16(15)17)25-22(29)31-12-14-6-2-1-3-7-14/h1-9,11,18,24H,10,12-13H2,(H2,23,28)(H,25,29). The molecule has 10 nitrogen and oxygen atoms in total. The van der Waals surface area contributed by atoms with Gasteiger partial charge in [-0.2, -0.15) is 0 Å². The number of benzene rings is 2. The van der Waals surface area contributed by atoms with Crippen molar-refractivity contribution in [3.8, 4) is 0 Å². The molecule has 2 amide bonds. The van der Waals surface area contributed by atoms with Crippen LogP contribution < -0.4 is 11.1 Å². The average molecular weight is 435 g/mol. The molecule has 32 heavy (non-hydrogen) atoms. The largest absolute Gasteiger partial charge is 0.445 e. The Morgan fingerprint density at radius 3 is 2.62 bits per heavy atom. The van der Waals surface area contributed by atoms with Crippen LogP contribution in [0.2, 0.25) is 0 Å². The number of carbonyl (C=O) groups is 2. The summed E-state index contributed by atoms with van der Waals surface area (Å²) in [4.78, 5) is 26.5. The van der Waals surface area contributed by atoms with Gasteiger partial charge in [0.15, 0.2) is 6.61 Å². The molecule has 2 aromatic heterocycles. The van der Waals surface area contributed by atoms with Crippen molar-refractivity contribution in [3.63, 3.8) is 0 Å². The number of carbonyl (C=O) groups excluding carboxylic acids is 2. The lowest BCUT2D eigenvalue weighted by molar-refractivity contribution is 0.131. The van der Waals surface area contributed by atoms with Crippen LogP contribution in [-0.4, -0.2) is 27.4 Å². The van der Waals surface area contributed by atoms with Gasteiger partial charge in [0, 0.05) is 23.5 Å². The molecule has 10 heteroatoms. The first-order valence-corrected chi connectivity index (χ1v) is 9.85. The number of alkyl carbamates (subject to hydrolysis) is 1. The Bertz CT molecular complexity index is 1200. The molecule has 0 saturated heterocycles. The van der Waals surface area contributed by atoms with Gasteiger partial charge in [-0.15, -0.1) is 10.2 Å². The monoisotopic (exact) mass is 435 g/mol. The molecule has 1 atom stereocenters. The van der Waals surface area contributed by atoms with E-state index in [0.29, 0.717) is 6.42 Å². The molecular weight excluding hydrogens is 414 g/mol. The van der Waals surface area contributed by atoms with E-state index in [2.05, 4.69) is 25.2 Å². The van der Waals surface area contributed by atoms with Crippen molar-refractivity contribution in [2.75, 3.05) is 0 Å². The van der Waals surface area contributed by atoms with E-state index in [0.717, 1.165) is 22.0 Å². The maximum absolute atomic E-state index is 12.5. The Balaban J connectivity index is 1.50. The molecule has 4 rings (SSSR count). The molecule has 0 aliphatic rings. The number of hydrogen-bond donors (Lipinski definition) is 3. The minimum atomic E-state index is -0.956. The van der Waals surface area contributed by atoms with Crippen LogP contribution in [-0.2, 0) is 29.1 Å². The third kappa shape index (κ3) is 5.22. The van der Waals surface area contributed by atoms with Crippen molar-refractivity contribution < 1.29 is 23.5 Å². The van der Waals surface area contributed by atoms with Crippen LogP contribution in [0.4, 0.5) is 9.59 Å². The van der Waals surface area contributed by atoms with Crippen LogP contribution in [0.1, 0.15) is 29.0 Å². The quantitative estimate of drug-likeness (QED) is 0.385. The second-order valence-corrected chi connectivity index (χ2v) is 6.96. The summed E-state index contributed by atoms with van der Waals surface area (Å²) >= 11 is 0. The van der Waals surface area contributed by atoms with Gasteiger partial charge in [-0.1, -0.05) is 48.5 Å². The van der Waals surface area contributed by atoms with Gasteiger partial charge < -0.3 is 29.9 Å². The molecule has 0 aliphatic heterocycles. The molecule has 0 bridgehead atoms. The fraction of sp³-hybridized carbons (Fsp3) is 0.182. The van der Waals surface area contributed by atoms with Crippen molar-refractivity contribution in [2.45, 2.75) is 25.7 Å². The zero-order chi connectivity index (χ0) is 22.3. The third-order valence-corrected chi connectivity index (χ3v) is 4.72. The third-order valence-electron chi connectivity index (χ3n) is 4.72. The second kappa shape index (κ2) is 9.65. The summed E-state index contributed by atoms with van der Waals surface area (Å²) in [6.07, 6.45) is 0.639. The number of ether oxygens (including phenoxy) is 2. The van der Waals surface area contributed by atoms with Crippen LogP contribution >= 0.6 is 0 Å². The Labute approximate surface area is 182 Å². The maximum Gasteiger partial charge on any atom is 0.408 e. The lowest BCUT2D eigenvalue weighted by atomic mass is 10.1. The topological polar surface area (TPSA) is 145 Å². The van der Waals surface area contributed by atoms with Crippen molar-refractivity contribution in [1.29, 1.82) is 0 Å². The first-order chi connectivity index (χ1) is 15.6. The number of H-pyrrole nitrogens is 1. The first kappa shape index (κ1) is 20.9. The number of rotatable bonds is 8. The van der Waals surface area contributed by atoms with Gasteiger partial charge in [0.2, 0.25) is 5.89 Å². The Hall–Kier alpha value is -4.34. The molecule has 2 aromatic carbocycles. The summed E-state index contributed by atoms with van der Waals surface area (Å²) in [5.41, 5.74) is 7.74. The number of fused-ring (bicyclic) bond motifs is 1. The van der Waals surface area contributed by atoms with Gasteiger partial charge in [-0.05, 0) is 17.2 Å². The van der Waals surface area contributed by atoms with Gasteiger partial charge in [-0.25, -0.2) is 9.59 Å². The Morgan fingerprint density at radius 2 is 1.81 bits per heavy atom. The highest BCUT2D eigenvalue weighted by Gasteiger charge is 2.24. The molecule has 4 aromatic rings. The van der Waals surface area contributed by atoms with E-state index >= 15 is 0 Å². The molecule has 0 spiro atoms. The minimum absolute atomic E-state index is 0.0576. The molecule has 164 valence electrons. The molecule has 4 N–H and O–H groups in total. The number of nitrogens with zero attached hydrogens (tertiary/aromatic N) is 2. The lowest BCUT2D eigenvalue weighted by Gasteiger charge is -2.15. The predicted molar refractivity (Wildman–Crippen MR) is 113 cm³/mol. The molecule has 2 heterocycles. The highest BCUT2D eigenvalue weighted by atomic mass is 16.6. The zero-order valence-electron chi connectivity index (χ0n) is 17.0. The van der Waals surface area contributed by atoms with Crippen LogP contribution in [0, 0.1) is 0 Å². The van der Waals surface area contributed by atoms with Crippen molar-refractivity contribution in [2.24, 2.45) is 5.73 Å². The summed E-state index contributed by atoms with van der Waals surface area (Å²) in [6, 6.07) is 16.5. The second-order valence-electron chi connectivity index (χ2n) is 6.96. The number of aromatic amines is 1. The van der Waals surface area contributed by atoms with Crippen molar-refractivity contribution in [1.82, 2.24) is 20.5 Å². The van der Waals surface area contributed by atoms with Gasteiger partial charge in [0.25, 0.3) is 5.89 Å². The Morgan fingerprint density at radius 1 is 1.03 bits per heavy atom. The van der Waals surface area contributed by atoms with Gasteiger partial charge in [0.05, 0.1) is 0 Å². The summed E-state index contributed by atoms with van der Waals surface area (Å²) in [7, 11) is 0. The highest BCUT2D eigenvalue weighted by molar-refractivity contribution is 5.83. The van der Waals surface area contributed by atoms with Crippen LogP contribution in [0.3, 0.4) is 0 Å². The number of amides is 2. The van der Waals surface area contributed by atoms with Crippen molar-refractivity contribution in [3.05, 3.63) is 83.7 Å². The van der Waals surface area contributed by atoms with Gasteiger partial charge >= 0.3 is 12.2 Å². The zero-order valence-corrected chi connectivity index (χ0v) is 17.0. The molecular formula is C22H21N5O5. The molecule has 0 aliphatic carbocycles. The van der Waals surface area contributed by atoms with E-state index in [1.807, 2.05) is 60.8 Å². The fourth-order valence-corrected chi connectivity index (χ4v) is 3.23. The highest BCUT2D eigenvalue weighted by Crippen LogP contribution is 2.24. The first-order valence-electron chi connectivity index (χ1n) is 9.85. The van der Waals surface area contributed by atoms with E-state index in [-0.39, 0.29) is 25.0 Å². The summed E-state index contributed by atoms with van der Waals surface area (Å²) in [5.74, 6) is 0.206. The predicted octanol–water partition coefficient (Wildman–Crippen LogP) is 3.36. The smallest absolute Gasteiger partial charge is 0.408 e. The van der Waals surface area contributed by atoms with Crippen LogP contribution in [0.25, 0.3) is 10.9 Å². The lowest BCUT2D eigenvalue weighted by Crippen LogP contribution is -2.30.